The molecule has 3 aromatic heterocycles. The summed E-state index contributed by atoms with van der Waals surface area (Å²) in [5, 5.41) is 9.11. The summed E-state index contributed by atoms with van der Waals surface area (Å²) in [6.45, 7) is 0. The molecule has 6 atom stereocenters. The van der Waals surface area contributed by atoms with Crippen molar-refractivity contribution >= 4 is 134 Å². The van der Waals surface area contributed by atoms with E-state index in [0.29, 0.717) is 15.0 Å². The number of halogens is 6. The maximum absolute atomic E-state index is 13.4. The molecule has 3 fully saturated rings. The lowest BCUT2D eigenvalue weighted by molar-refractivity contribution is -0.120. The number of likely N-dealkylation sites (N-methyl/N-ethyl adjacent to an activating group) is 3. The van der Waals surface area contributed by atoms with Gasteiger partial charge in [0.15, 0.2) is 0 Å². The molecule has 21 nitrogen and oxygen atoms in total. The fourth-order valence-electron chi connectivity index (χ4n) is 9.77. The molecular weight excluding hydrogens is 1420 g/mol. The Morgan fingerprint density at radius 3 is 0.896 bits per heavy atom. The van der Waals surface area contributed by atoms with Gasteiger partial charge in [0.05, 0.1) is 47.8 Å². The number of carbonyl (C=O) groups excluding carboxylic acids is 3. The van der Waals surface area contributed by atoms with Crippen molar-refractivity contribution in [2.24, 2.45) is 0 Å². The number of hydrogen-bond donors (Lipinski definition) is 6. The van der Waals surface area contributed by atoms with Gasteiger partial charge in [-0.15, -0.1) is 34.0 Å². The first-order chi connectivity index (χ1) is 44.2. The number of benzene rings is 6. The minimum absolute atomic E-state index is 0. The molecule has 6 aromatic carbocycles. The van der Waals surface area contributed by atoms with Crippen LogP contribution in [0.4, 0.5) is 30.2 Å². The predicted molar refractivity (Wildman–Crippen MR) is 376 cm³/mol. The molecular formula is C63H66Cl3F3N12O9S6. The Labute approximate surface area is 582 Å². The van der Waals surface area contributed by atoms with Crippen LogP contribution < -0.4 is 30.1 Å². The molecule has 0 saturated carbocycles. The highest BCUT2D eigenvalue weighted by atomic mass is 35.5. The average molecular weight is 1490 g/mol. The van der Waals surface area contributed by atoms with Crippen molar-refractivity contribution in [1.82, 2.24) is 42.0 Å². The first kappa shape index (κ1) is 76.3. The summed E-state index contributed by atoms with van der Waals surface area (Å²) < 4.78 is 127. The third kappa shape index (κ3) is 18.2. The monoisotopic (exact) mass is 1490 g/mol. The fourth-order valence-corrected chi connectivity index (χ4v) is 17.3. The highest BCUT2D eigenvalue weighted by molar-refractivity contribution is 7.87. The number of aromatic nitrogens is 3. The summed E-state index contributed by atoms with van der Waals surface area (Å²) >= 11 is 21.4. The zero-order valence-corrected chi connectivity index (χ0v) is 55.9. The van der Waals surface area contributed by atoms with Crippen LogP contribution >= 0.6 is 68.8 Å². The molecule has 0 spiro atoms. The van der Waals surface area contributed by atoms with Crippen molar-refractivity contribution in [2.75, 3.05) is 37.1 Å². The Morgan fingerprint density at radius 1 is 0.427 bits per heavy atom. The minimum atomic E-state index is -3.91. The smallest absolute Gasteiger partial charge is 0.280 e. The molecule has 0 radical (unpaired) electrons. The lowest BCUT2D eigenvalue weighted by Crippen LogP contribution is -2.55. The molecule has 9 aromatic rings. The van der Waals surface area contributed by atoms with Gasteiger partial charge in [-0.3, -0.25) is 14.4 Å². The molecule has 3 aliphatic rings. The lowest BCUT2D eigenvalue weighted by atomic mass is 10.1. The molecule has 33 heteroatoms. The number of hydrogen-bond acceptors (Lipinski definition) is 15. The number of rotatable bonds is 12. The van der Waals surface area contributed by atoms with E-state index in [-0.39, 0.29) is 73.7 Å². The predicted octanol–water partition coefficient (Wildman–Crippen LogP) is 13.4. The summed E-state index contributed by atoms with van der Waals surface area (Å²) in [4.78, 5) is 54.5. The van der Waals surface area contributed by atoms with E-state index >= 15 is 0 Å². The number of nitrogens with zero attached hydrogens (tertiary/aromatic N) is 6. The van der Waals surface area contributed by atoms with Crippen LogP contribution in [-0.2, 0) is 45.0 Å². The zero-order chi connectivity index (χ0) is 66.5. The number of anilines is 3. The van der Waals surface area contributed by atoms with Crippen LogP contribution in [0.25, 0.3) is 31.3 Å². The summed E-state index contributed by atoms with van der Waals surface area (Å²) in [5.41, 5.74) is 3.76. The first-order valence-electron chi connectivity index (χ1n) is 27.8. The van der Waals surface area contributed by atoms with Crippen molar-refractivity contribution in [3.63, 3.8) is 0 Å². The summed E-state index contributed by atoms with van der Waals surface area (Å²) in [6, 6.07) is 35.2. The normalized spacial score (nSPS) is 20.3. The van der Waals surface area contributed by atoms with Crippen LogP contribution in [0.1, 0.15) is 74.7 Å². The van der Waals surface area contributed by atoms with E-state index < -0.39 is 102 Å². The molecule has 6 heterocycles. The molecule has 6 N–H and O–H groups in total. The Morgan fingerprint density at radius 2 is 0.667 bits per heavy atom. The zero-order valence-electron chi connectivity index (χ0n) is 48.7. The average Bonchev–Trinajstić information content (AvgIpc) is 1.32. The van der Waals surface area contributed by atoms with Crippen molar-refractivity contribution in [1.29, 1.82) is 0 Å². The van der Waals surface area contributed by atoms with Crippen LogP contribution in [0.3, 0.4) is 0 Å². The second-order valence-electron chi connectivity index (χ2n) is 21.0. The molecule has 510 valence electrons. The van der Waals surface area contributed by atoms with Crippen molar-refractivity contribution in [3.05, 3.63) is 212 Å². The van der Waals surface area contributed by atoms with Crippen LogP contribution in [0.15, 0.2) is 164 Å². The highest BCUT2D eigenvalue weighted by Gasteiger charge is 2.44. The van der Waals surface area contributed by atoms with Gasteiger partial charge in [0.2, 0.25) is 17.7 Å². The van der Waals surface area contributed by atoms with Gasteiger partial charge < -0.3 is 16.0 Å². The number of carbonyl (C=O) groups is 3. The van der Waals surface area contributed by atoms with Crippen molar-refractivity contribution < 1.29 is 52.8 Å². The van der Waals surface area contributed by atoms with E-state index in [0.717, 1.165) is 62.4 Å². The van der Waals surface area contributed by atoms with Gasteiger partial charge in [-0.25, -0.2) is 28.1 Å². The van der Waals surface area contributed by atoms with E-state index in [4.69, 9.17) is 34.8 Å². The largest absolute Gasteiger partial charge is 0.325 e. The van der Waals surface area contributed by atoms with Crippen LogP contribution in [0, 0.1) is 17.5 Å². The lowest BCUT2D eigenvalue weighted by Gasteiger charge is -2.35. The molecule has 12 rings (SSSR count). The molecule has 96 heavy (non-hydrogen) atoms. The van der Waals surface area contributed by atoms with Crippen LogP contribution in [-0.4, -0.2) is 110 Å². The second-order valence-corrected chi connectivity index (χ2v) is 30.7. The third-order valence-corrected chi connectivity index (χ3v) is 23.9. The van der Waals surface area contributed by atoms with E-state index in [9.17, 15) is 52.8 Å². The number of nitrogens with one attached hydrogen (secondary N) is 6. The van der Waals surface area contributed by atoms with Gasteiger partial charge in [-0.1, -0.05) is 148 Å². The third-order valence-electron chi connectivity index (χ3n) is 14.8. The summed E-state index contributed by atoms with van der Waals surface area (Å²) in [7, 11) is -7.74. The topological polar surface area (TPSA) is 274 Å². The van der Waals surface area contributed by atoms with E-state index in [1.54, 1.807) is 18.6 Å². The Kier molecular flexibility index (Phi) is 25.8. The Bertz CT molecular complexity index is 4120. The molecule has 3 aliphatic heterocycles. The molecule has 2 unspecified atom stereocenters. The van der Waals surface area contributed by atoms with E-state index in [1.807, 2.05) is 91.0 Å². The van der Waals surface area contributed by atoms with E-state index in [2.05, 4.69) is 45.1 Å². The molecule has 3 saturated heterocycles. The standard InChI is InChI=1S/3C20H18ClFN4O3S2.3CH4/c3*1-26-17(19(27)24-13-7-8-15(22)14(21)9-13)10-16(25-31(26,28)29)20-23-11-18(30-20)12-5-3-2-4-6-12;;;/h3*2-9,11,16-17,25H,10H2,1H3,(H,24,27);3*1H4/t2*16-,17+;;;;/m10..../s1. The van der Waals surface area contributed by atoms with Gasteiger partial charge in [-0.05, 0) is 90.6 Å². The van der Waals surface area contributed by atoms with Gasteiger partial charge in [-0.2, -0.15) is 52.3 Å². The quantitative estimate of drug-likeness (QED) is 0.0666. The molecule has 0 bridgehead atoms. The van der Waals surface area contributed by atoms with Crippen molar-refractivity contribution in [3.8, 4) is 31.3 Å². The minimum Gasteiger partial charge on any atom is -0.325 e. The van der Waals surface area contributed by atoms with Crippen LogP contribution in [0.5, 0.6) is 0 Å². The number of amides is 3. The fraction of sp³-hybridized carbons (Fsp3) is 0.238. The summed E-state index contributed by atoms with van der Waals surface area (Å²) in [6.07, 6.45) is 5.61. The number of thiazole rings is 3. The van der Waals surface area contributed by atoms with Gasteiger partial charge in [0.1, 0.15) is 50.6 Å². The van der Waals surface area contributed by atoms with Crippen LogP contribution in [0.2, 0.25) is 15.1 Å². The first-order valence-corrected chi connectivity index (χ1v) is 35.7. The SMILES string of the molecule is C.C.C.CN1C(C(=O)Nc2ccc(F)c(Cl)c2)CC(c2ncc(-c3ccccc3)s2)NS1(=O)=O.CN1[C@@H](C(=O)Nc2ccc(F)c(Cl)c2)C[C@@H](c2ncc(-c3ccccc3)s2)NS1(=O)=O.CN1[C@H](C(=O)Nc2ccc(F)c(Cl)c2)C[C@H](c2ncc(-c3ccccc3)s2)NS1(=O)=O. The maximum Gasteiger partial charge on any atom is 0.280 e. The van der Waals surface area contributed by atoms with Crippen molar-refractivity contribution in [2.45, 2.75) is 77.8 Å². The second kappa shape index (κ2) is 32.5. The molecule has 0 aliphatic carbocycles. The summed E-state index contributed by atoms with van der Waals surface area (Å²) in [5.74, 6) is -3.46. The van der Waals surface area contributed by atoms with E-state index in [1.165, 1.54) is 91.6 Å². The Balaban J connectivity index is 0.000000200. The Hall–Kier alpha value is -7.11. The van der Waals surface area contributed by atoms with Gasteiger partial charge in [0.25, 0.3) is 30.6 Å². The van der Waals surface area contributed by atoms with Gasteiger partial charge in [0, 0.05) is 56.8 Å². The molecule has 3 amide bonds. The van der Waals surface area contributed by atoms with Gasteiger partial charge >= 0.3 is 0 Å². The maximum atomic E-state index is 13.4. The highest BCUT2D eigenvalue weighted by Crippen LogP contribution is 2.38.